The Morgan fingerprint density at radius 2 is 1.36 bits per heavy atom. The minimum atomic E-state index is -3.77. The maximum Gasteiger partial charge on any atom is 0.262 e. The average Bonchev–Trinajstić information content (AvgIpc) is 2.78. The first-order chi connectivity index (χ1) is 15.6. The lowest BCUT2D eigenvalue weighted by Gasteiger charge is -2.19. The average molecular weight is 469 g/mol. The number of sulfonamides is 1. The number of ether oxygens (including phenoxy) is 2. The predicted molar refractivity (Wildman–Crippen MR) is 130 cm³/mol. The van der Waals surface area contributed by atoms with Crippen LogP contribution in [0.15, 0.2) is 77.7 Å². The molecular weight excluding hydrogens is 440 g/mol. The summed E-state index contributed by atoms with van der Waals surface area (Å²) in [7, 11) is -2.23. The zero-order valence-corrected chi connectivity index (χ0v) is 19.9. The summed E-state index contributed by atoms with van der Waals surface area (Å²) < 4.78 is 38.3. The van der Waals surface area contributed by atoms with E-state index >= 15 is 0 Å². The third kappa shape index (κ3) is 6.73. The molecule has 0 aromatic heterocycles. The molecule has 0 aliphatic rings. The fraction of sp³-hybridized carbons (Fsp3) is 0.240. The fourth-order valence-corrected chi connectivity index (χ4v) is 4.05. The minimum absolute atomic E-state index is 0.0414. The summed E-state index contributed by atoms with van der Waals surface area (Å²) in [5.74, 6) is 0.884. The number of rotatable bonds is 8. The number of amides is 1. The van der Waals surface area contributed by atoms with Crippen LogP contribution in [0, 0.1) is 0 Å². The first kappa shape index (κ1) is 24.1. The Kier molecular flexibility index (Phi) is 7.28. The maximum atomic E-state index is 12.6. The first-order valence-electron chi connectivity index (χ1n) is 10.4. The molecule has 0 saturated carbocycles. The zero-order chi connectivity index (χ0) is 24.1. The second-order valence-corrected chi connectivity index (χ2v) is 10.2. The number of methoxy groups -OCH3 is 1. The minimum Gasteiger partial charge on any atom is -0.497 e. The van der Waals surface area contributed by atoms with E-state index < -0.39 is 10.0 Å². The molecule has 0 bridgehead atoms. The van der Waals surface area contributed by atoms with Crippen LogP contribution in [-0.2, 0) is 20.2 Å². The standard InChI is InChI=1S/C25H28N2O5S/c1-25(2,3)18-5-11-22(12-6-18)32-17-24(28)26-19-9-15-23(16-10-19)33(29,30)27-20-7-13-21(31-4)14-8-20/h5-16,27H,17H2,1-4H3,(H,26,28). The monoisotopic (exact) mass is 468 g/mol. The fourth-order valence-electron chi connectivity index (χ4n) is 2.99. The Bertz CT molecular complexity index is 1180. The Morgan fingerprint density at radius 3 is 1.91 bits per heavy atom. The quantitative estimate of drug-likeness (QED) is 0.495. The van der Waals surface area contributed by atoms with E-state index in [2.05, 4.69) is 30.8 Å². The van der Waals surface area contributed by atoms with Gasteiger partial charge in [0.1, 0.15) is 11.5 Å². The van der Waals surface area contributed by atoms with Crippen molar-refractivity contribution in [1.82, 2.24) is 0 Å². The molecule has 0 fully saturated rings. The van der Waals surface area contributed by atoms with Gasteiger partial charge in [-0.25, -0.2) is 8.42 Å². The Morgan fingerprint density at radius 1 is 0.818 bits per heavy atom. The molecule has 3 aromatic rings. The van der Waals surface area contributed by atoms with Gasteiger partial charge in [0.25, 0.3) is 15.9 Å². The second-order valence-electron chi connectivity index (χ2n) is 8.47. The number of carbonyl (C=O) groups is 1. The SMILES string of the molecule is COc1ccc(NS(=O)(=O)c2ccc(NC(=O)COc3ccc(C(C)(C)C)cc3)cc2)cc1. The summed E-state index contributed by atoms with van der Waals surface area (Å²) in [5, 5.41) is 2.70. The summed E-state index contributed by atoms with van der Waals surface area (Å²) >= 11 is 0. The van der Waals surface area contributed by atoms with Gasteiger partial charge in [-0.05, 0) is 71.6 Å². The Labute approximate surface area is 194 Å². The summed E-state index contributed by atoms with van der Waals surface area (Å²) in [5.41, 5.74) is 2.10. The van der Waals surface area contributed by atoms with Crippen molar-refractivity contribution in [3.8, 4) is 11.5 Å². The predicted octanol–water partition coefficient (Wildman–Crippen LogP) is 4.81. The molecule has 0 unspecified atom stereocenters. The number of carbonyl (C=O) groups excluding carboxylic acids is 1. The number of hydrogen-bond acceptors (Lipinski definition) is 5. The van der Waals surface area contributed by atoms with E-state index in [1.54, 1.807) is 24.3 Å². The number of anilines is 2. The lowest BCUT2D eigenvalue weighted by molar-refractivity contribution is -0.118. The molecule has 1 amide bonds. The number of nitrogens with one attached hydrogen (secondary N) is 2. The van der Waals surface area contributed by atoms with E-state index in [4.69, 9.17) is 9.47 Å². The normalized spacial score (nSPS) is 11.5. The van der Waals surface area contributed by atoms with E-state index in [1.165, 1.54) is 36.9 Å². The van der Waals surface area contributed by atoms with Gasteiger partial charge in [0.05, 0.1) is 12.0 Å². The summed E-state index contributed by atoms with van der Waals surface area (Å²) in [4.78, 5) is 12.3. The van der Waals surface area contributed by atoms with Crippen LogP contribution in [0.3, 0.4) is 0 Å². The van der Waals surface area contributed by atoms with Crippen LogP contribution in [0.4, 0.5) is 11.4 Å². The van der Waals surface area contributed by atoms with Gasteiger partial charge >= 0.3 is 0 Å². The van der Waals surface area contributed by atoms with Gasteiger partial charge in [-0.3, -0.25) is 9.52 Å². The molecule has 3 rings (SSSR count). The van der Waals surface area contributed by atoms with E-state index in [1.807, 2.05) is 24.3 Å². The van der Waals surface area contributed by atoms with Crippen molar-refractivity contribution in [2.24, 2.45) is 0 Å². The molecule has 8 heteroatoms. The van der Waals surface area contributed by atoms with Crippen molar-refractivity contribution < 1.29 is 22.7 Å². The smallest absolute Gasteiger partial charge is 0.262 e. The highest BCUT2D eigenvalue weighted by Crippen LogP contribution is 2.24. The molecule has 0 heterocycles. The molecule has 0 radical (unpaired) electrons. The van der Waals surface area contributed by atoms with Crippen molar-refractivity contribution in [3.63, 3.8) is 0 Å². The Hall–Kier alpha value is -3.52. The molecule has 0 aliphatic carbocycles. The third-order valence-corrected chi connectivity index (χ3v) is 6.28. The van der Waals surface area contributed by atoms with Crippen LogP contribution in [0.2, 0.25) is 0 Å². The molecule has 174 valence electrons. The largest absolute Gasteiger partial charge is 0.497 e. The molecular formula is C25H28N2O5S. The molecule has 7 nitrogen and oxygen atoms in total. The van der Waals surface area contributed by atoms with Gasteiger partial charge < -0.3 is 14.8 Å². The van der Waals surface area contributed by atoms with Crippen LogP contribution < -0.4 is 19.5 Å². The topological polar surface area (TPSA) is 93.7 Å². The molecule has 3 aromatic carbocycles. The van der Waals surface area contributed by atoms with Gasteiger partial charge in [-0.15, -0.1) is 0 Å². The van der Waals surface area contributed by atoms with Crippen LogP contribution in [0.5, 0.6) is 11.5 Å². The van der Waals surface area contributed by atoms with Gasteiger partial charge in [-0.1, -0.05) is 32.9 Å². The summed E-state index contributed by atoms with van der Waals surface area (Å²) in [6, 6.07) is 20.1. The van der Waals surface area contributed by atoms with Crippen molar-refractivity contribution in [3.05, 3.63) is 78.4 Å². The zero-order valence-electron chi connectivity index (χ0n) is 19.1. The van der Waals surface area contributed by atoms with Gasteiger partial charge in [0, 0.05) is 11.4 Å². The molecule has 0 atom stereocenters. The lowest BCUT2D eigenvalue weighted by Crippen LogP contribution is -2.20. The van der Waals surface area contributed by atoms with E-state index in [9.17, 15) is 13.2 Å². The third-order valence-electron chi connectivity index (χ3n) is 4.88. The second kappa shape index (κ2) is 9.95. The Balaban J connectivity index is 1.55. The van der Waals surface area contributed by atoms with Crippen LogP contribution in [0.25, 0.3) is 0 Å². The molecule has 0 spiro atoms. The van der Waals surface area contributed by atoms with E-state index in [0.717, 1.165) is 0 Å². The van der Waals surface area contributed by atoms with E-state index in [0.29, 0.717) is 22.9 Å². The summed E-state index contributed by atoms with van der Waals surface area (Å²) in [6.07, 6.45) is 0. The van der Waals surface area contributed by atoms with E-state index in [-0.39, 0.29) is 22.8 Å². The van der Waals surface area contributed by atoms with Crippen molar-refractivity contribution in [2.45, 2.75) is 31.1 Å². The van der Waals surface area contributed by atoms with Crippen molar-refractivity contribution in [1.29, 1.82) is 0 Å². The van der Waals surface area contributed by atoms with Gasteiger partial charge in [-0.2, -0.15) is 0 Å². The highest BCUT2D eigenvalue weighted by molar-refractivity contribution is 7.92. The molecule has 0 aliphatic heterocycles. The molecule has 33 heavy (non-hydrogen) atoms. The summed E-state index contributed by atoms with van der Waals surface area (Å²) in [6.45, 7) is 6.22. The number of hydrogen-bond donors (Lipinski definition) is 2. The highest BCUT2D eigenvalue weighted by Gasteiger charge is 2.15. The van der Waals surface area contributed by atoms with Crippen LogP contribution in [-0.4, -0.2) is 28.0 Å². The lowest BCUT2D eigenvalue weighted by atomic mass is 9.87. The molecule has 0 saturated heterocycles. The van der Waals surface area contributed by atoms with Gasteiger partial charge in [0.15, 0.2) is 6.61 Å². The van der Waals surface area contributed by atoms with Gasteiger partial charge in [0.2, 0.25) is 0 Å². The van der Waals surface area contributed by atoms with Crippen LogP contribution in [0.1, 0.15) is 26.3 Å². The maximum absolute atomic E-state index is 12.6. The van der Waals surface area contributed by atoms with Crippen molar-refractivity contribution in [2.75, 3.05) is 23.8 Å². The van der Waals surface area contributed by atoms with Crippen LogP contribution >= 0.6 is 0 Å². The molecule has 2 N–H and O–H groups in total. The first-order valence-corrected chi connectivity index (χ1v) is 11.9. The highest BCUT2D eigenvalue weighted by atomic mass is 32.2. The number of benzene rings is 3. The van der Waals surface area contributed by atoms with Crippen molar-refractivity contribution >= 4 is 27.3 Å².